The first kappa shape index (κ1) is 18.9. The molecular formula is C20H24ClN3OS. The molecule has 2 N–H and O–H groups in total. The largest absolute Gasteiger partial charge is 0.493 e. The second-order valence-electron chi connectivity index (χ2n) is 6.71. The van der Waals surface area contributed by atoms with Gasteiger partial charge in [0.1, 0.15) is 0 Å². The van der Waals surface area contributed by atoms with Gasteiger partial charge < -0.3 is 15.4 Å². The number of benzene rings is 1. The summed E-state index contributed by atoms with van der Waals surface area (Å²) < 4.78 is 5.33. The van der Waals surface area contributed by atoms with Gasteiger partial charge in [0.25, 0.3) is 0 Å². The third-order valence-electron chi connectivity index (χ3n) is 4.99. The van der Waals surface area contributed by atoms with Gasteiger partial charge in [0.2, 0.25) is 0 Å². The van der Waals surface area contributed by atoms with Crippen molar-refractivity contribution in [1.29, 1.82) is 0 Å². The highest BCUT2D eigenvalue weighted by Crippen LogP contribution is 2.34. The second kappa shape index (κ2) is 8.69. The Morgan fingerprint density at radius 3 is 2.73 bits per heavy atom. The molecule has 0 amide bonds. The van der Waals surface area contributed by atoms with Crippen molar-refractivity contribution in [1.82, 2.24) is 10.3 Å². The summed E-state index contributed by atoms with van der Waals surface area (Å²) in [5, 5.41) is 8.16. The third-order valence-corrected chi connectivity index (χ3v) is 5.57. The molecule has 1 aromatic carbocycles. The highest BCUT2D eigenvalue weighted by Gasteiger charge is 2.34. The Kier molecular flexibility index (Phi) is 6.33. The zero-order valence-corrected chi connectivity index (χ0v) is 16.5. The van der Waals surface area contributed by atoms with Gasteiger partial charge in [-0.3, -0.25) is 0 Å². The maximum absolute atomic E-state index is 6.32. The van der Waals surface area contributed by atoms with Crippen LogP contribution in [-0.2, 0) is 6.42 Å². The molecule has 0 unspecified atom stereocenters. The van der Waals surface area contributed by atoms with E-state index in [9.17, 15) is 0 Å². The van der Waals surface area contributed by atoms with Crippen LogP contribution in [0.3, 0.4) is 0 Å². The molecule has 1 heterocycles. The summed E-state index contributed by atoms with van der Waals surface area (Å²) in [6.45, 7) is 0. The number of halogens is 1. The summed E-state index contributed by atoms with van der Waals surface area (Å²) in [7, 11) is 1.63. The predicted octanol–water partition coefficient (Wildman–Crippen LogP) is 4.98. The van der Waals surface area contributed by atoms with Crippen molar-refractivity contribution < 1.29 is 4.74 Å². The van der Waals surface area contributed by atoms with E-state index in [0.29, 0.717) is 16.7 Å². The van der Waals surface area contributed by atoms with Crippen LogP contribution in [0.15, 0.2) is 42.6 Å². The van der Waals surface area contributed by atoms with Gasteiger partial charge >= 0.3 is 0 Å². The van der Waals surface area contributed by atoms with E-state index in [1.54, 1.807) is 13.3 Å². The molecule has 0 saturated heterocycles. The first-order chi connectivity index (χ1) is 12.6. The second-order valence-corrected chi connectivity index (χ2v) is 7.53. The molecular weight excluding hydrogens is 366 g/mol. The van der Waals surface area contributed by atoms with Crippen molar-refractivity contribution >= 4 is 34.7 Å². The zero-order chi connectivity index (χ0) is 18.4. The Hall–Kier alpha value is -1.85. The number of aryl methyl sites for hydroxylation is 1. The lowest BCUT2D eigenvalue weighted by atomic mass is 9.89. The van der Waals surface area contributed by atoms with Crippen molar-refractivity contribution in [3.63, 3.8) is 0 Å². The van der Waals surface area contributed by atoms with Crippen LogP contribution in [0.2, 0.25) is 5.02 Å². The smallest absolute Gasteiger partial charge is 0.174 e. The van der Waals surface area contributed by atoms with E-state index in [2.05, 4.69) is 21.7 Å². The van der Waals surface area contributed by atoms with Crippen LogP contribution >= 0.6 is 23.8 Å². The number of aromatic nitrogens is 1. The highest BCUT2D eigenvalue weighted by atomic mass is 35.5. The van der Waals surface area contributed by atoms with E-state index in [1.807, 2.05) is 30.3 Å². The van der Waals surface area contributed by atoms with Crippen molar-refractivity contribution in [2.45, 2.75) is 44.1 Å². The number of hydrogen-bond acceptors (Lipinski definition) is 3. The van der Waals surface area contributed by atoms with Gasteiger partial charge in [-0.25, -0.2) is 4.98 Å². The van der Waals surface area contributed by atoms with E-state index >= 15 is 0 Å². The first-order valence-electron chi connectivity index (χ1n) is 8.93. The minimum atomic E-state index is 0.00523. The summed E-state index contributed by atoms with van der Waals surface area (Å²) >= 11 is 11.9. The summed E-state index contributed by atoms with van der Waals surface area (Å²) in [4.78, 5) is 4.31. The van der Waals surface area contributed by atoms with Gasteiger partial charge in [-0.05, 0) is 61.7 Å². The number of anilines is 1. The monoisotopic (exact) mass is 389 g/mol. The van der Waals surface area contributed by atoms with Crippen LogP contribution in [0.1, 0.15) is 37.7 Å². The molecule has 1 aliphatic rings. The summed E-state index contributed by atoms with van der Waals surface area (Å²) in [6, 6.07) is 11.7. The molecule has 0 bridgehead atoms. The number of ether oxygens (including phenoxy) is 1. The van der Waals surface area contributed by atoms with Crippen LogP contribution in [-0.4, -0.2) is 22.7 Å². The molecule has 0 atom stereocenters. The Morgan fingerprint density at radius 2 is 2.00 bits per heavy atom. The van der Waals surface area contributed by atoms with Crippen LogP contribution in [0.4, 0.5) is 5.82 Å². The minimum absolute atomic E-state index is 0.00523. The molecule has 138 valence electrons. The third kappa shape index (κ3) is 4.65. The van der Waals surface area contributed by atoms with Crippen molar-refractivity contribution in [3.05, 3.63) is 53.2 Å². The van der Waals surface area contributed by atoms with Crippen LogP contribution in [0.5, 0.6) is 5.75 Å². The average molecular weight is 390 g/mol. The van der Waals surface area contributed by atoms with Gasteiger partial charge in [-0.1, -0.05) is 42.6 Å². The van der Waals surface area contributed by atoms with Gasteiger partial charge in [0.05, 0.1) is 7.11 Å². The van der Waals surface area contributed by atoms with Gasteiger partial charge in [0.15, 0.2) is 16.7 Å². The van der Waals surface area contributed by atoms with E-state index in [0.717, 1.165) is 30.7 Å². The summed E-state index contributed by atoms with van der Waals surface area (Å²) in [5.41, 5.74) is 1.19. The van der Waals surface area contributed by atoms with E-state index < -0.39 is 0 Å². The maximum Gasteiger partial charge on any atom is 0.174 e. The molecule has 3 rings (SSSR count). The molecule has 1 saturated carbocycles. The molecule has 0 radical (unpaired) electrons. The average Bonchev–Trinajstić information content (AvgIpc) is 3.10. The fourth-order valence-electron chi connectivity index (χ4n) is 3.59. The molecule has 0 aliphatic heterocycles. The zero-order valence-electron chi connectivity index (χ0n) is 14.9. The quantitative estimate of drug-likeness (QED) is 0.682. The van der Waals surface area contributed by atoms with E-state index in [4.69, 9.17) is 28.6 Å². The fourth-order valence-corrected chi connectivity index (χ4v) is 4.14. The Bertz CT molecular complexity index is 762. The van der Waals surface area contributed by atoms with Gasteiger partial charge in [0, 0.05) is 16.8 Å². The lowest BCUT2D eigenvalue weighted by molar-refractivity contribution is 0.362. The number of thiocarbonyl (C=S) groups is 1. The van der Waals surface area contributed by atoms with Crippen molar-refractivity contribution in [2.75, 3.05) is 12.4 Å². The molecule has 26 heavy (non-hydrogen) atoms. The fraction of sp³-hybridized carbons (Fsp3) is 0.400. The van der Waals surface area contributed by atoms with Crippen molar-refractivity contribution in [2.24, 2.45) is 0 Å². The highest BCUT2D eigenvalue weighted by molar-refractivity contribution is 7.80. The molecule has 6 heteroatoms. The summed E-state index contributed by atoms with van der Waals surface area (Å²) in [5.74, 6) is 1.31. The predicted molar refractivity (Wildman–Crippen MR) is 111 cm³/mol. The van der Waals surface area contributed by atoms with Crippen LogP contribution in [0, 0.1) is 0 Å². The SMILES string of the molecule is COc1cccnc1NC(=S)NC1(CCc2ccccc2Cl)CCCC1. The molecule has 0 spiro atoms. The van der Waals surface area contributed by atoms with Crippen LogP contribution < -0.4 is 15.4 Å². The number of nitrogens with one attached hydrogen (secondary N) is 2. The first-order valence-corrected chi connectivity index (χ1v) is 9.72. The van der Waals surface area contributed by atoms with E-state index in [-0.39, 0.29) is 5.54 Å². The maximum atomic E-state index is 6.32. The van der Waals surface area contributed by atoms with Crippen LogP contribution in [0.25, 0.3) is 0 Å². The molecule has 1 aromatic heterocycles. The molecule has 1 aliphatic carbocycles. The normalized spacial score (nSPS) is 15.5. The summed E-state index contributed by atoms with van der Waals surface area (Å²) in [6.07, 6.45) is 8.30. The molecule has 4 nitrogen and oxygen atoms in total. The number of rotatable bonds is 6. The van der Waals surface area contributed by atoms with Crippen molar-refractivity contribution in [3.8, 4) is 5.75 Å². The van der Waals surface area contributed by atoms with Gasteiger partial charge in [-0.2, -0.15) is 0 Å². The molecule has 2 aromatic rings. The molecule has 1 fully saturated rings. The number of nitrogens with zero attached hydrogens (tertiary/aromatic N) is 1. The number of pyridine rings is 1. The number of methoxy groups -OCH3 is 1. The standard InChI is InChI=1S/C20H24ClN3OS/c1-25-17-9-6-14-22-18(17)23-19(26)24-20(11-4-5-12-20)13-10-15-7-2-3-8-16(15)21/h2-3,6-9,14H,4-5,10-13H2,1H3,(H2,22,23,24,26). The Morgan fingerprint density at radius 1 is 1.23 bits per heavy atom. The Balaban J connectivity index is 1.66. The lowest BCUT2D eigenvalue weighted by Crippen LogP contribution is -2.48. The number of hydrogen-bond donors (Lipinski definition) is 2. The van der Waals surface area contributed by atoms with Gasteiger partial charge in [-0.15, -0.1) is 0 Å². The lowest BCUT2D eigenvalue weighted by Gasteiger charge is -2.32. The Labute approximate surface area is 165 Å². The minimum Gasteiger partial charge on any atom is -0.493 e. The van der Waals surface area contributed by atoms with E-state index in [1.165, 1.54) is 18.4 Å². The topological polar surface area (TPSA) is 46.2 Å².